The van der Waals surface area contributed by atoms with Gasteiger partial charge in [-0.3, -0.25) is 4.79 Å². The van der Waals surface area contributed by atoms with Crippen molar-refractivity contribution in [3.05, 3.63) is 57.4 Å². The van der Waals surface area contributed by atoms with Crippen LogP contribution in [0.3, 0.4) is 0 Å². The van der Waals surface area contributed by atoms with Crippen LogP contribution in [0.4, 0.5) is 4.39 Å². The van der Waals surface area contributed by atoms with Crippen LogP contribution in [0.25, 0.3) is 0 Å². The standard InChI is InChI=1S/C22H25ClFN3O5S2/c1-12(2)16-8-14(11-25)22(24)21(13(3)4)17(16)10-20(28)27-34(31,32)19-7-6-15(9-18(19)23)33(29,30)26-5/h6-9,12-13,26H,10H2,1-5H3,(H,27,28). The molecule has 34 heavy (non-hydrogen) atoms. The SMILES string of the molecule is CNS(=O)(=O)c1ccc(S(=O)(=O)NC(=O)Cc2c(C(C)C)cc(C#N)c(F)c2C(C)C)c(Cl)c1. The molecular formula is C22H25ClFN3O5S2. The van der Waals surface area contributed by atoms with Gasteiger partial charge in [0.15, 0.2) is 0 Å². The van der Waals surface area contributed by atoms with E-state index in [1.807, 2.05) is 24.6 Å². The Morgan fingerprint density at radius 3 is 2.18 bits per heavy atom. The van der Waals surface area contributed by atoms with Crippen LogP contribution in [0.5, 0.6) is 0 Å². The van der Waals surface area contributed by atoms with Crippen molar-refractivity contribution in [2.75, 3.05) is 7.05 Å². The minimum Gasteiger partial charge on any atom is -0.274 e. The average molecular weight is 530 g/mol. The molecule has 0 aliphatic carbocycles. The van der Waals surface area contributed by atoms with Gasteiger partial charge in [-0.15, -0.1) is 0 Å². The number of sulfonamides is 2. The molecule has 0 unspecified atom stereocenters. The zero-order valence-electron chi connectivity index (χ0n) is 19.2. The van der Waals surface area contributed by atoms with E-state index in [2.05, 4.69) is 4.72 Å². The van der Waals surface area contributed by atoms with Gasteiger partial charge in [-0.25, -0.2) is 30.7 Å². The molecule has 2 N–H and O–H groups in total. The zero-order valence-corrected chi connectivity index (χ0v) is 21.6. The Bertz CT molecular complexity index is 1380. The largest absolute Gasteiger partial charge is 0.274 e. The third-order valence-corrected chi connectivity index (χ3v) is 8.39. The maximum atomic E-state index is 15.0. The lowest BCUT2D eigenvalue weighted by Crippen LogP contribution is -2.33. The molecule has 0 spiro atoms. The third kappa shape index (κ3) is 5.75. The van der Waals surface area contributed by atoms with E-state index in [1.165, 1.54) is 13.1 Å². The van der Waals surface area contributed by atoms with Gasteiger partial charge >= 0.3 is 0 Å². The highest BCUT2D eigenvalue weighted by Crippen LogP contribution is 2.33. The fourth-order valence-corrected chi connectivity index (χ4v) is 5.87. The summed E-state index contributed by atoms with van der Waals surface area (Å²) in [6.07, 6.45) is -0.452. The van der Waals surface area contributed by atoms with Crippen LogP contribution in [-0.2, 0) is 31.3 Å². The third-order valence-electron chi connectivity index (χ3n) is 5.12. The van der Waals surface area contributed by atoms with E-state index in [1.54, 1.807) is 13.8 Å². The molecule has 184 valence electrons. The fourth-order valence-electron chi connectivity index (χ4n) is 3.52. The first-order chi connectivity index (χ1) is 15.7. The van der Waals surface area contributed by atoms with Gasteiger partial charge in [-0.2, -0.15) is 5.26 Å². The minimum atomic E-state index is -4.46. The summed E-state index contributed by atoms with van der Waals surface area (Å²) in [6, 6.07) is 6.17. The molecular weight excluding hydrogens is 505 g/mol. The normalized spacial score (nSPS) is 12.1. The summed E-state index contributed by atoms with van der Waals surface area (Å²) in [5, 5.41) is 8.89. The Morgan fingerprint density at radius 1 is 1.09 bits per heavy atom. The van der Waals surface area contributed by atoms with E-state index in [9.17, 15) is 31.3 Å². The Kier molecular flexibility index (Phi) is 8.48. The first-order valence-electron chi connectivity index (χ1n) is 10.2. The van der Waals surface area contributed by atoms with Crippen molar-refractivity contribution in [3.8, 4) is 6.07 Å². The molecule has 2 aromatic rings. The number of carbonyl (C=O) groups excluding carboxylic acids is 1. The van der Waals surface area contributed by atoms with E-state index in [0.717, 1.165) is 18.2 Å². The maximum Gasteiger partial charge on any atom is 0.265 e. The van der Waals surface area contributed by atoms with Crippen molar-refractivity contribution in [1.82, 2.24) is 9.44 Å². The second kappa shape index (κ2) is 10.4. The van der Waals surface area contributed by atoms with E-state index in [0.29, 0.717) is 11.1 Å². The summed E-state index contributed by atoms with van der Waals surface area (Å²) in [6.45, 7) is 7.05. The second-order valence-electron chi connectivity index (χ2n) is 8.15. The van der Waals surface area contributed by atoms with Crippen molar-refractivity contribution < 1.29 is 26.0 Å². The van der Waals surface area contributed by atoms with Gasteiger partial charge in [-0.1, -0.05) is 39.3 Å². The van der Waals surface area contributed by atoms with Crippen LogP contribution in [0, 0.1) is 17.1 Å². The van der Waals surface area contributed by atoms with Crippen LogP contribution < -0.4 is 9.44 Å². The smallest absolute Gasteiger partial charge is 0.265 e. The summed E-state index contributed by atoms with van der Waals surface area (Å²) in [5.74, 6) is -2.21. The number of benzene rings is 2. The Labute approximate surface area is 204 Å². The highest BCUT2D eigenvalue weighted by Gasteiger charge is 2.27. The summed E-state index contributed by atoms with van der Waals surface area (Å²) >= 11 is 6.01. The monoisotopic (exact) mass is 529 g/mol. The molecule has 1 amide bonds. The molecule has 0 bridgehead atoms. The van der Waals surface area contributed by atoms with Crippen LogP contribution >= 0.6 is 11.6 Å². The number of carbonyl (C=O) groups is 1. The topological polar surface area (TPSA) is 133 Å². The summed E-state index contributed by atoms with van der Waals surface area (Å²) in [5.41, 5.74) is 0.909. The quantitative estimate of drug-likeness (QED) is 0.537. The lowest BCUT2D eigenvalue weighted by atomic mass is 9.85. The predicted molar refractivity (Wildman–Crippen MR) is 126 cm³/mol. The molecule has 8 nitrogen and oxygen atoms in total. The van der Waals surface area contributed by atoms with E-state index >= 15 is 0 Å². The van der Waals surface area contributed by atoms with Crippen molar-refractivity contribution in [2.24, 2.45) is 0 Å². The van der Waals surface area contributed by atoms with Gasteiger partial charge in [-0.05, 0) is 59.8 Å². The number of nitrogens with one attached hydrogen (secondary N) is 2. The fraction of sp³-hybridized carbons (Fsp3) is 0.364. The summed E-state index contributed by atoms with van der Waals surface area (Å²) in [4.78, 5) is 12.0. The van der Waals surface area contributed by atoms with Gasteiger partial charge in [0.1, 0.15) is 16.8 Å². The van der Waals surface area contributed by atoms with E-state index in [-0.39, 0.29) is 27.9 Å². The van der Waals surface area contributed by atoms with Gasteiger partial charge in [0.25, 0.3) is 10.0 Å². The first-order valence-corrected chi connectivity index (χ1v) is 13.5. The van der Waals surface area contributed by atoms with Crippen LogP contribution in [0.1, 0.15) is 61.8 Å². The molecule has 0 saturated carbocycles. The highest BCUT2D eigenvalue weighted by molar-refractivity contribution is 7.90. The average Bonchev–Trinajstić information content (AvgIpc) is 2.72. The number of hydrogen-bond acceptors (Lipinski definition) is 6. The number of amides is 1. The molecule has 0 aliphatic rings. The molecule has 0 fully saturated rings. The van der Waals surface area contributed by atoms with Crippen LogP contribution in [0.2, 0.25) is 5.02 Å². The first kappa shape index (κ1) is 27.7. The molecule has 0 atom stereocenters. The number of rotatable bonds is 8. The Morgan fingerprint density at radius 2 is 1.71 bits per heavy atom. The zero-order chi connectivity index (χ0) is 26.0. The molecule has 0 radical (unpaired) electrons. The summed E-state index contributed by atoms with van der Waals surface area (Å²) < 4.78 is 68.3. The number of halogens is 2. The van der Waals surface area contributed by atoms with Crippen LogP contribution in [0.15, 0.2) is 34.1 Å². The van der Waals surface area contributed by atoms with Gasteiger partial charge in [0, 0.05) is 0 Å². The lowest BCUT2D eigenvalue weighted by molar-refractivity contribution is -0.118. The van der Waals surface area contributed by atoms with Crippen molar-refractivity contribution >= 4 is 37.6 Å². The van der Waals surface area contributed by atoms with E-state index in [4.69, 9.17) is 11.6 Å². The number of nitrogens with zero attached hydrogens (tertiary/aromatic N) is 1. The lowest BCUT2D eigenvalue weighted by Gasteiger charge is -2.21. The highest BCUT2D eigenvalue weighted by atomic mass is 35.5. The minimum absolute atomic E-state index is 0.146. The molecule has 2 aromatic carbocycles. The molecule has 2 rings (SSSR count). The Hall–Kier alpha value is -2.52. The predicted octanol–water partition coefficient (Wildman–Crippen LogP) is 3.55. The van der Waals surface area contributed by atoms with Gasteiger partial charge in [0.2, 0.25) is 15.9 Å². The maximum absolute atomic E-state index is 15.0. The Balaban J connectivity index is 2.47. The van der Waals surface area contributed by atoms with Crippen LogP contribution in [-0.4, -0.2) is 29.8 Å². The molecule has 0 saturated heterocycles. The molecule has 0 heterocycles. The molecule has 12 heteroatoms. The van der Waals surface area contributed by atoms with Gasteiger partial charge < -0.3 is 0 Å². The van der Waals surface area contributed by atoms with Crippen molar-refractivity contribution in [3.63, 3.8) is 0 Å². The van der Waals surface area contributed by atoms with Gasteiger partial charge in [0.05, 0.1) is 21.9 Å². The summed E-state index contributed by atoms with van der Waals surface area (Å²) in [7, 11) is -7.13. The van der Waals surface area contributed by atoms with E-state index < -0.39 is 48.1 Å². The number of nitriles is 1. The van der Waals surface area contributed by atoms with Crippen molar-refractivity contribution in [1.29, 1.82) is 5.26 Å². The second-order valence-corrected chi connectivity index (χ2v) is 12.1. The molecule has 0 aromatic heterocycles. The molecule has 0 aliphatic heterocycles. The number of hydrogen-bond donors (Lipinski definition) is 2. The van der Waals surface area contributed by atoms with Crippen molar-refractivity contribution in [2.45, 2.75) is 55.7 Å².